The minimum Gasteiger partial charge on any atom is -0.481 e. The number of carboxylic acids is 1. The Morgan fingerprint density at radius 3 is 2.08 bits per heavy atom. The normalized spacial score (nSPS) is 13.9. The molecule has 2 aromatic carbocycles. The van der Waals surface area contributed by atoms with Crippen LogP contribution in [0.4, 0.5) is 5.69 Å². The van der Waals surface area contributed by atoms with Crippen molar-refractivity contribution >= 4 is 51.0 Å². The maximum atomic E-state index is 10.5. The number of rotatable bonds is 27. The van der Waals surface area contributed by atoms with Crippen molar-refractivity contribution in [1.29, 1.82) is 0 Å². The van der Waals surface area contributed by atoms with Crippen LogP contribution in [0.2, 0.25) is 0 Å². The molecule has 0 fully saturated rings. The fraction of sp³-hybridized carbons (Fsp3) is 0.459. The number of aliphatic carboxylic acids is 1. The zero-order valence-corrected chi connectivity index (χ0v) is 30.4. The molecule has 0 radical (unpaired) electrons. The third kappa shape index (κ3) is 14.3. The van der Waals surface area contributed by atoms with Gasteiger partial charge in [-0.2, -0.15) is 4.57 Å². The van der Waals surface area contributed by atoms with E-state index in [1.54, 1.807) is 30.2 Å². The van der Waals surface area contributed by atoms with E-state index in [1.807, 2.05) is 0 Å². The number of carbonyl (C=O) groups is 1. The van der Waals surface area contributed by atoms with Crippen LogP contribution in [0.25, 0.3) is 16.3 Å². The largest absolute Gasteiger partial charge is 0.481 e. The summed E-state index contributed by atoms with van der Waals surface area (Å²) < 4.78 is 41.9. The second-order valence-corrected chi connectivity index (χ2v) is 13.0. The Morgan fingerprint density at radius 2 is 1.36 bits per heavy atom. The number of hydrogen-bond donors (Lipinski definition) is 1. The van der Waals surface area contributed by atoms with E-state index in [4.69, 9.17) is 38.3 Å². The number of methoxy groups -OCH3 is 1. The van der Waals surface area contributed by atoms with Crippen molar-refractivity contribution in [2.45, 2.75) is 17.9 Å². The number of benzene rings is 2. The monoisotopic (exact) mass is 729 g/mol. The summed E-state index contributed by atoms with van der Waals surface area (Å²) >= 11 is 3.52. The van der Waals surface area contributed by atoms with Gasteiger partial charge in [0, 0.05) is 30.7 Å². The molecule has 0 saturated heterocycles. The van der Waals surface area contributed by atoms with Gasteiger partial charge in [-0.05, 0) is 24.3 Å². The lowest BCUT2D eigenvalue weighted by molar-refractivity contribution is -0.670. The molecule has 0 aliphatic carbocycles. The minimum atomic E-state index is -0.867. The van der Waals surface area contributed by atoms with Crippen LogP contribution >= 0.6 is 23.1 Å². The highest BCUT2D eigenvalue weighted by molar-refractivity contribution is 8.03. The van der Waals surface area contributed by atoms with Crippen LogP contribution in [0.3, 0.4) is 0 Å². The van der Waals surface area contributed by atoms with Gasteiger partial charge in [-0.1, -0.05) is 65.6 Å². The number of fused-ring (bicyclic) bond motifs is 2. The summed E-state index contributed by atoms with van der Waals surface area (Å²) in [7, 11) is 1.66. The Labute approximate surface area is 303 Å². The number of para-hydroxylation sites is 2. The lowest BCUT2D eigenvalue weighted by atomic mass is 10.3. The molecule has 0 bridgehead atoms. The predicted molar refractivity (Wildman–Crippen MR) is 197 cm³/mol. The first-order chi connectivity index (χ1) is 24.7. The highest BCUT2D eigenvalue weighted by atomic mass is 32.2. The second-order valence-electron chi connectivity index (χ2n) is 10.8. The number of allylic oxidation sites excluding steroid dienone is 4. The quantitative estimate of drug-likeness (QED) is 0.0617. The SMILES string of the molecule is COCCOCCOCCOCCN1/C(=C/C=C\C=C\c2sc3ccccc3[n+]2CCOCCOCCOCCC(=O)O)Sc2ccccc21. The maximum Gasteiger partial charge on any atom is 0.305 e. The predicted octanol–water partition coefficient (Wildman–Crippen LogP) is 5.43. The average Bonchev–Trinajstić information content (AvgIpc) is 3.66. The van der Waals surface area contributed by atoms with Gasteiger partial charge >= 0.3 is 5.97 Å². The van der Waals surface area contributed by atoms with Crippen LogP contribution in [0, 0.1) is 0 Å². The van der Waals surface area contributed by atoms with Crippen molar-refractivity contribution in [2.24, 2.45) is 0 Å². The molecule has 13 heteroatoms. The molecular formula is C37H49N2O9S2+. The zero-order chi connectivity index (χ0) is 35.1. The number of thiazole rings is 1. The van der Waals surface area contributed by atoms with Gasteiger partial charge in [0.2, 0.25) is 5.52 Å². The van der Waals surface area contributed by atoms with Crippen molar-refractivity contribution in [3.8, 4) is 0 Å². The van der Waals surface area contributed by atoms with Crippen LogP contribution < -0.4 is 9.47 Å². The van der Waals surface area contributed by atoms with Gasteiger partial charge in [-0.25, -0.2) is 0 Å². The molecule has 1 aliphatic heterocycles. The molecular weight excluding hydrogens is 681 g/mol. The van der Waals surface area contributed by atoms with Gasteiger partial charge < -0.3 is 43.2 Å². The Balaban J connectivity index is 1.22. The van der Waals surface area contributed by atoms with Crippen LogP contribution in [0.1, 0.15) is 11.4 Å². The van der Waals surface area contributed by atoms with Crippen LogP contribution in [-0.4, -0.2) is 111 Å². The van der Waals surface area contributed by atoms with Crippen molar-refractivity contribution in [1.82, 2.24) is 0 Å². The van der Waals surface area contributed by atoms with E-state index in [9.17, 15) is 4.79 Å². The summed E-state index contributed by atoms with van der Waals surface area (Å²) in [5.74, 6) is -0.867. The van der Waals surface area contributed by atoms with Crippen molar-refractivity contribution in [2.75, 3.05) is 104 Å². The summed E-state index contributed by atoms with van der Waals surface area (Å²) in [6.45, 7) is 7.87. The lowest BCUT2D eigenvalue weighted by Crippen LogP contribution is -2.37. The van der Waals surface area contributed by atoms with E-state index in [2.05, 4.69) is 88.4 Å². The van der Waals surface area contributed by atoms with Gasteiger partial charge in [-0.15, -0.1) is 0 Å². The second kappa shape index (κ2) is 24.1. The molecule has 1 aliphatic rings. The third-order valence-electron chi connectivity index (χ3n) is 7.27. The average molecular weight is 730 g/mol. The van der Waals surface area contributed by atoms with Gasteiger partial charge in [0.25, 0.3) is 5.01 Å². The summed E-state index contributed by atoms with van der Waals surface area (Å²) in [5.41, 5.74) is 2.38. The zero-order valence-electron chi connectivity index (χ0n) is 28.7. The maximum absolute atomic E-state index is 10.5. The summed E-state index contributed by atoms with van der Waals surface area (Å²) in [5, 5.41) is 10.9. The fourth-order valence-electron chi connectivity index (χ4n) is 4.85. The van der Waals surface area contributed by atoms with E-state index in [0.29, 0.717) is 79.3 Å². The molecule has 1 N–H and O–H groups in total. The molecule has 4 rings (SSSR count). The number of thioether (sulfide) groups is 1. The van der Waals surface area contributed by atoms with Gasteiger partial charge in [-0.3, -0.25) is 4.79 Å². The number of hydrogen-bond acceptors (Lipinski definition) is 11. The molecule has 0 unspecified atom stereocenters. The molecule has 272 valence electrons. The smallest absolute Gasteiger partial charge is 0.305 e. The highest BCUT2D eigenvalue weighted by Crippen LogP contribution is 2.45. The van der Waals surface area contributed by atoms with E-state index in [-0.39, 0.29) is 13.0 Å². The van der Waals surface area contributed by atoms with Gasteiger partial charge in [0.1, 0.15) is 11.3 Å². The Hall–Kier alpha value is -3.11. The molecule has 2 heterocycles. The number of nitrogens with zero attached hydrogens (tertiary/aromatic N) is 2. The third-order valence-corrected chi connectivity index (χ3v) is 9.53. The highest BCUT2D eigenvalue weighted by Gasteiger charge is 2.24. The number of anilines is 1. The topological polar surface area (TPSA) is 109 Å². The van der Waals surface area contributed by atoms with Crippen LogP contribution in [-0.2, 0) is 44.5 Å². The molecule has 3 aromatic rings. The Bertz CT molecular complexity index is 1510. The number of ether oxygens (including phenoxy) is 7. The standard InChI is InChI=1S/C37H48N2O9S2/c1-42-21-22-46-29-30-48-28-25-45-20-17-39-32-10-6-8-12-34(32)50-36(39)14-4-2-3-13-35-38(31-9-5-7-11-33(31)49-35)16-19-44-24-27-47-26-23-43-18-15-37(40)41/h2-14H,15-30H2,1H3/p+1. The van der Waals surface area contributed by atoms with Crippen molar-refractivity contribution in [3.05, 3.63) is 82.9 Å². The molecule has 1 aromatic heterocycles. The van der Waals surface area contributed by atoms with Crippen LogP contribution in [0.5, 0.6) is 0 Å². The van der Waals surface area contributed by atoms with Gasteiger partial charge in [0.05, 0.1) is 96.4 Å². The first-order valence-electron chi connectivity index (χ1n) is 16.9. The first kappa shape index (κ1) is 39.7. The van der Waals surface area contributed by atoms with E-state index in [0.717, 1.165) is 23.1 Å². The summed E-state index contributed by atoms with van der Waals surface area (Å²) in [6, 6.07) is 16.8. The molecule has 0 saturated carbocycles. The lowest BCUT2D eigenvalue weighted by Gasteiger charge is -2.20. The summed E-state index contributed by atoms with van der Waals surface area (Å²) in [4.78, 5) is 14.1. The van der Waals surface area contributed by atoms with E-state index in [1.165, 1.54) is 20.8 Å². The Kier molecular flexibility index (Phi) is 19.2. The first-order valence-corrected chi connectivity index (χ1v) is 18.5. The molecule has 0 amide bonds. The van der Waals surface area contributed by atoms with Gasteiger partial charge in [0.15, 0.2) is 6.54 Å². The van der Waals surface area contributed by atoms with Crippen molar-refractivity contribution < 1.29 is 47.6 Å². The fourth-order valence-corrected chi connectivity index (χ4v) is 7.05. The number of carboxylic acid groups (broad SMARTS) is 1. The van der Waals surface area contributed by atoms with E-state index < -0.39 is 5.97 Å². The van der Waals surface area contributed by atoms with Crippen molar-refractivity contribution in [3.63, 3.8) is 0 Å². The Morgan fingerprint density at radius 1 is 0.740 bits per heavy atom. The molecule has 0 spiro atoms. The molecule has 50 heavy (non-hydrogen) atoms. The van der Waals surface area contributed by atoms with Crippen LogP contribution in [0.15, 0.2) is 82.8 Å². The molecule has 11 nitrogen and oxygen atoms in total. The van der Waals surface area contributed by atoms with E-state index >= 15 is 0 Å². The number of aromatic nitrogens is 1. The summed E-state index contributed by atoms with van der Waals surface area (Å²) in [6.07, 6.45) is 10.5. The minimum absolute atomic E-state index is 0.000978. The molecule has 0 atom stereocenters.